The maximum absolute atomic E-state index is 13.7. The summed E-state index contributed by atoms with van der Waals surface area (Å²) in [5.74, 6) is 0.239. The van der Waals surface area contributed by atoms with Crippen LogP contribution in [0.4, 0.5) is 9.52 Å². The van der Waals surface area contributed by atoms with Crippen molar-refractivity contribution in [1.82, 2.24) is 24.7 Å². The van der Waals surface area contributed by atoms with E-state index in [2.05, 4.69) is 25.9 Å². The molecular formula is C24H16FN7OS2. The van der Waals surface area contributed by atoms with E-state index in [1.807, 2.05) is 11.4 Å². The molecule has 35 heavy (non-hydrogen) atoms. The fourth-order valence-electron chi connectivity index (χ4n) is 3.25. The maximum Gasteiger partial charge on any atom is 0.213 e. The number of nitriles is 1. The van der Waals surface area contributed by atoms with E-state index in [1.165, 1.54) is 35.5 Å². The summed E-state index contributed by atoms with van der Waals surface area (Å²) in [5.41, 5.74) is 2.74. The molecule has 5 aromatic rings. The summed E-state index contributed by atoms with van der Waals surface area (Å²) in [6, 6.07) is 14.0. The number of aromatic nitrogens is 5. The predicted octanol–water partition coefficient (Wildman–Crippen LogP) is 5.92. The van der Waals surface area contributed by atoms with Crippen LogP contribution in [0.5, 0.6) is 11.5 Å². The van der Waals surface area contributed by atoms with Crippen molar-refractivity contribution in [3.63, 3.8) is 0 Å². The SMILES string of the molecule is Cn1cc(-c2nc(-c3ccnc(F)c3)ccc2Oc2ccc(SNc3nccs3)cc2C#N)cn1. The molecule has 11 heteroatoms. The predicted molar refractivity (Wildman–Crippen MR) is 132 cm³/mol. The van der Waals surface area contributed by atoms with Crippen molar-refractivity contribution < 1.29 is 9.13 Å². The molecule has 5 rings (SSSR count). The van der Waals surface area contributed by atoms with E-state index in [0.717, 1.165) is 15.6 Å². The number of benzene rings is 1. The minimum Gasteiger partial charge on any atom is -0.454 e. The topological polar surface area (TPSA) is 102 Å². The summed E-state index contributed by atoms with van der Waals surface area (Å²) in [7, 11) is 1.80. The Morgan fingerprint density at radius 2 is 1.97 bits per heavy atom. The fourth-order valence-corrected chi connectivity index (χ4v) is 4.51. The molecule has 0 atom stereocenters. The van der Waals surface area contributed by atoms with Crippen LogP contribution in [0.25, 0.3) is 22.5 Å². The number of hydrogen-bond acceptors (Lipinski definition) is 9. The van der Waals surface area contributed by atoms with E-state index in [0.29, 0.717) is 34.0 Å². The number of hydrogen-bond donors (Lipinski definition) is 1. The van der Waals surface area contributed by atoms with Crippen LogP contribution in [0, 0.1) is 17.3 Å². The van der Waals surface area contributed by atoms with Gasteiger partial charge >= 0.3 is 0 Å². The van der Waals surface area contributed by atoms with Crippen LogP contribution in [0.2, 0.25) is 0 Å². The largest absolute Gasteiger partial charge is 0.454 e. The lowest BCUT2D eigenvalue weighted by atomic mass is 10.1. The fraction of sp³-hybridized carbons (Fsp3) is 0.0417. The number of halogens is 1. The molecule has 0 aliphatic rings. The first-order chi connectivity index (χ1) is 17.1. The molecule has 172 valence electrons. The molecule has 0 unspecified atom stereocenters. The first kappa shape index (κ1) is 22.5. The lowest BCUT2D eigenvalue weighted by molar-refractivity contribution is 0.480. The van der Waals surface area contributed by atoms with Gasteiger partial charge in [-0.3, -0.25) is 4.68 Å². The lowest BCUT2D eigenvalue weighted by Gasteiger charge is -2.13. The highest BCUT2D eigenvalue weighted by molar-refractivity contribution is 8.00. The van der Waals surface area contributed by atoms with Gasteiger partial charge in [-0.1, -0.05) is 0 Å². The van der Waals surface area contributed by atoms with Gasteiger partial charge in [0.15, 0.2) is 10.9 Å². The van der Waals surface area contributed by atoms with E-state index >= 15 is 0 Å². The number of anilines is 1. The first-order valence-electron chi connectivity index (χ1n) is 10.3. The van der Waals surface area contributed by atoms with Crippen molar-refractivity contribution in [3.8, 4) is 40.1 Å². The van der Waals surface area contributed by atoms with E-state index < -0.39 is 5.95 Å². The van der Waals surface area contributed by atoms with E-state index in [-0.39, 0.29) is 0 Å². The molecule has 0 radical (unpaired) electrons. The Labute approximate surface area is 208 Å². The molecule has 4 heterocycles. The Hall–Kier alpha value is -4.27. The molecule has 0 fully saturated rings. The minimum absolute atomic E-state index is 0.369. The standard InChI is InChI=1S/C24H16FN7OS2/c1-32-14-17(13-29-32)23-21(5-3-19(30-23)15-6-7-27-22(25)11-15)33-20-4-2-18(10-16(20)12-26)35-31-24-28-8-9-34-24/h2-11,13-14H,1H3,(H,28,31). The molecule has 8 nitrogen and oxygen atoms in total. The molecule has 0 amide bonds. The Bertz CT molecular complexity index is 1530. The highest BCUT2D eigenvalue weighted by Gasteiger charge is 2.16. The summed E-state index contributed by atoms with van der Waals surface area (Å²) in [6.45, 7) is 0. The van der Waals surface area contributed by atoms with Crippen LogP contribution >= 0.6 is 23.3 Å². The Kier molecular flexibility index (Phi) is 6.38. The van der Waals surface area contributed by atoms with Gasteiger partial charge in [0.2, 0.25) is 5.95 Å². The third kappa shape index (κ3) is 5.13. The first-order valence-corrected chi connectivity index (χ1v) is 11.9. The van der Waals surface area contributed by atoms with Gasteiger partial charge in [-0.05, 0) is 48.3 Å². The molecule has 0 bridgehead atoms. The summed E-state index contributed by atoms with van der Waals surface area (Å²) in [4.78, 5) is 13.3. The average molecular weight is 502 g/mol. The molecular weight excluding hydrogens is 485 g/mol. The number of thiazole rings is 1. The smallest absolute Gasteiger partial charge is 0.213 e. The van der Waals surface area contributed by atoms with Crippen LogP contribution in [0.1, 0.15) is 5.56 Å². The van der Waals surface area contributed by atoms with Crippen molar-refractivity contribution in [1.29, 1.82) is 5.26 Å². The highest BCUT2D eigenvalue weighted by atomic mass is 32.2. The highest BCUT2D eigenvalue weighted by Crippen LogP contribution is 2.36. The minimum atomic E-state index is -0.589. The van der Waals surface area contributed by atoms with Gasteiger partial charge in [0.05, 0.1) is 17.5 Å². The van der Waals surface area contributed by atoms with E-state index in [9.17, 15) is 9.65 Å². The number of rotatable bonds is 7. The van der Waals surface area contributed by atoms with Gasteiger partial charge in [-0.25, -0.2) is 15.0 Å². The monoisotopic (exact) mass is 501 g/mol. The van der Waals surface area contributed by atoms with Gasteiger partial charge < -0.3 is 9.46 Å². The van der Waals surface area contributed by atoms with Crippen LogP contribution < -0.4 is 9.46 Å². The molecule has 0 aliphatic carbocycles. The van der Waals surface area contributed by atoms with Crippen molar-refractivity contribution in [2.45, 2.75) is 4.90 Å². The van der Waals surface area contributed by atoms with Crippen molar-refractivity contribution in [2.24, 2.45) is 7.05 Å². The second-order valence-electron chi connectivity index (χ2n) is 7.23. The van der Waals surface area contributed by atoms with Gasteiger partial charge in [-0.2, -0.15) is 14.8 Å². The third-order valence-electron chi connectivity index (χ3n) is 4.84. The van der Waals surface area contributed by atoms with Gasteiger partial charge in [0.1, 0.15) is 17.5 Å². The van der Waals surface area contributed by atoms with E-state index in [1.54, 1.807) is 60.7 Å². The Balaban J connectivity index is 1.47. The average Bonchev–Trinajstić information content (AvgIpc) is 3.55. The molecule has 1 aromatic carbocycles. The number of pyridine rings is 2. The zero-order valence-electron chi connectivity index (χ0n) is 18.2. The quantitative estimate of drug-likeness (QED) is 0.217. The van der Waals surface area contributed by atoms with Crippen LogP contribution in [-0.2, 0) is 7.05 Å². The number of nitrogens with one attached hydrogen (secondary N) is 1. The van der Waals surface area contributed by atoms with Gasteiger partial charge in [0, 0.05) is 53.1 Å². The van der Waals surface area contributed by atoms with Crippen LogP contribution in [0.15, 0.2) is 77.5 Å². The van der Waals surface area contributed by atoms with Crippen molar-refractivity contribution in [2.75, 3.05) is 4.72 Å². The van der Waals surface area contributed by atoms with Gasteiger partial charge in [0.25, 0.3) is 0 Å². The summed E-state index contributed by atoms with van der Waals surface area (Å²) >= 11 is 2.85. The maximum atomic E-state index is 13.7. The molecule has 0 saturated heterocycles. The van der Waals surface area contributed by atoms with Crippen molar-refractivity contribution >= 4 is 28.4 Å². The molecule has 1 N–H and O–H groups in total. The second-order valence-corrected chi connectivity index (χ2v) is 9.00. The summed E-state index contributed by atoms with van der Waals surface area (Å²) < 4.78 is 24.6. The summed E-state index contributed by atoms with van der Waals surface area (Å²) in [6.07, 6.45) is 6.58. The molecule has 4 aromatic heterocycles. The molecule has 0 spiro atoms. The zero-order chi connectivity index (χ0) is 24.2. The normalized spacial score (nSPS) is 10.7. The lowest BCUT2D eigenvalue weighted by Crippen LogP contribution is -1.96. The van der Waals surface area contributed by atoms with Crippen LogP contribution in [0.3, 0.4) is 0 Å². The second kappa shape index (κ2) is 9.92. The number of nitrogens with zero attached hydrogens (tertiary/aromatic N) is 6. The van der Waals surface area contributed by atoms with Crippen molar-refractivity contribution in [3.05, 3.63) is 84.1 Å². The zero-order valence-corrected chi connectivity index (χ0v) is 19.8. The Morgan fingerprint density at radius 3 is 2.71 bits per heavy atom. The summed E-state index contributed by atoms with van der Waals surface area (Å²) in [5, 5.41) is 16.6. The molecule has 0 saturated carbocycles. The van der Waals surface area contributed by atoms with E-state index in [4.69, 9.17) is 9.72 Å². The third-order valence-corrected chi connectivity index (χ3v) is 6.44. The van der Waals surface area contributed by atoms with Gasteiger partial charge in [-0.15, -0.1) is 11.3 Å². The number of aryl methyl sites for hydroxylation is 1. The Morgan fingerprint density at radius 1 is 1.09 bits per heavy atom. The number of ether oxygens (including phenoxy) is 1. The van der Waals surface area contributed by atoms with Crippen LogP contribution in [-0.4, -0.2) is 24.7 Å². The molecule has 0 aliphatic heterocycles.